The lowest BCUT2D eigenvalue weighted by molar-refractivity contribution is 0.0749. The van der Waals surface area contributed by atoms with Crippen molar-refractivity contribution in [3.8, 4) is 17.2 Å². The predicted octanol–water partition coefficient (Wildman–Crippen LogP) is 3.38. The summed E-state index contributed by atoms with van der Waals surface area (Å²) >= 11 is 0. The zero-order valence-electron chi connectivity index (χ0n) is 16.3. The van der Waals surface area contributed by atoms with Crippen LogP contribution in [0.15, 0.2) is 42.5 Å². The minimum Gasteiger partial charge on any atom is -0.496 e. The normalized spacial score (nSPS) is 28.1. The fraction of sp³-hybridized carbons (Fsp3) is 0.478. The van der Waals surface area contributed by atoms with E-state index in [-0.39, 0.29) is 18.8 Å². The summed E-state index contributed by atoms with van der Waals surface area (Å²) in [6, 6.07) is 15.5. The number of ether oxygens (including phenoxy) is 3. The van der Waals surface area contributed by atoms with Gasteiger partial charge in [-0.3, -0.25) is 4.90 Å². The van der Waals surface area contributed by atoms with E-state index in [2.05, 4.69) is 35.2 Å². The number of benzene rings is 2. The topological polar surface area (TPSA) is 51.2 Å². The van der Waals surface area contributed by atoms with Crippen LogP contribution >= 0.6 is 0 Å². The first kappa shape index (κ1) is 17.8. The zero-order chi connectivity index (χ0) is 19.1. The molecule has 28 heavy (non-hydrogen) atoms. The molecule has 148 valence electrons. The molecule has 2 aromatic rings. The Kier molecular flexibility index (Phi) is 4.44. The molecule has 0 spiro atoms. The molecule has 1 N–H and O–H groups in total. The van der Waals surface area contributed by atoms with E-state index in [4.69, 9.17) is 14.2 Å². The van der Waals surface area contributed by atoms with Crippen molar-refractivity contribution in [2.24, 2.45) is 5.41 Å². The molecule has 2 bridgehead atoms. The first-order valence-corrected chi connectivity index (χ1v) is 10.1. The Bertz CT molecular complexity index is 855. The van der Waals surface area contributed by atoms with E-state index in [0.717, 1.165) is 48.6 Å². The summed E-state index contributed by atoms with van der Waals surface area (Å²) in [4.78, 5) is 2.58. The van der Waals surface area contributed by atoms with Crippen molar-refractivity contribution in [2.45, 2.75) is 44.3 Å². The average Bonchev–Trinajstić information content (AvgIpc) is 3.41. The number of nitrogens with zero attached hydrogens (tertiary/aromatic N) is 1. The first-order chi connectivity index (χ1) is 13.7. The molecule has 2 aromatic carbocycles. The number of rotatable bonds is 6. The second-order valence-electron chi connectivity index (χ2n) is 8.32. The number of aliphatic hydroxyl groups excluding tert-OH is 1. The molecule has 3 aliphatic rings. The number of aliphatic hydroxyl groups is 1. The van der Waals surface area contributed by atoms with Crippen molar-refractivity contribution in [1.29, 1.82) is 0 Å². The smallest absolute Gasteiger partial charge is 0.231 e. The van der Waals surface area contributed by atoms with Gasteiger partial charge in [-0.2, -0.15) is 0 Å². The molecular weight excluding hydrogens is 354 g/mol. The monoisotopic (exact) mass is 381 g/mol. The summed E-state index contributed by atoms with van der Waals surface area (Å²) in [5.41, 5.74) is 2.37. The quantitative estimate of drug-likeness (QED) is 0.831. The molecule has 5 heteroatoms. The average molecular weight is 381 g/mol. The molecule has 3 atom stereocenters. The van der Waals surface area contributed by atoms with Crippen LogP contribution in [0.3, 0.4) is 0 Å². The lowest BCUT2D eigenvalue weighted by Crippen LogP contribution is -2.41. The maximum atomic E-state index is 10.4. The summed E-state index contributed by atoms with van der Waals surface area (Å²) in [7, 11) is 1.70. The minimum atomic E-state index is -0.0617. The molecular formula is C23H27NO4. The highest BCUT2D eigenvalue weighted by Gasteiger charge is 2.55. The van der Waals surface area contributed by atoms with Gasteiger partial charge in [0, 0.05) is 35.7 Å². The van der Waals surface area contributed by atoms with Crippen LogP contribution in [0.1, 0.15) is 30.4 Å². The minimum absolute atomic E-state index is 0.0617. The molecule has 0 aliphatic carbocycles. The van der Waals surface area contributed by atoms with E-state index in [9.17, 15) is 5.11 Å². The third-order valence-electron chi connectivity index (χ3n) is 6.83. The SMILES string of the molecule is COc1cc2c(cc1CN1[C@H]3CC[C@@H]1[C@@](CO)(Cc1ccccc1)C3)OCO2. The second kappa shape index (κ2) is 6.98. The third kappa shape index (κ3) is 2.85. The highest BCUT2D eigenvalue weighted by atomic mass is 16.7. The van der Waals surface area contributed by atoms with Crippen molar-refractivity contribution in [1.82, 2.24) is 4.90 Å². The van der Waals surface area contributed by atoms with Crippen molar-refractivity contribution in [2.75, 3.05) is 20.5 Å². The molecule has 0 amide bonds. The molecule has 3 aliphatic heterocycles. The maximum absolute atomic E-state index is 10.4. The van der Waals surface area contributed by atoms with E-state index in [1.807, 2.05) is 12.1 Å². The van der Waals surface area contributed by atoms with Gasteiger partial charge in [0.1, 0.15) is 5.75 Å². The molecule has 5 rings (SSSR count). The number of methoxy groups -OCH3 is 1. The largest absolute Gasteiger partial charge is 0.496 e. The van der Waals surface area contributed by atoms with Gasteiger partial charge in [-0.15, -0.1) is 0 Å². The van der Waals surface area contributed by atoms with Gasteiger partial charge in [-0.05, 0) is 37.3 Å². The Morgan fingerprint density at radius 1 is 1.14 bits per heavy atom. The van der Waals surface area contributed by atoms with E-state index in [1.54, 1.807) is 7.11 Å². The summed E-state index contributed by atoms with van der Waals surface area (Å²) < 4.78 is 16.7. The lowest BCUT2D eigenvalue weighted by atomic mass is 9.70. The fourth-order valence-corrected chi connectivity index (χ4v) is 5.55. The van der Waals surface area contributed by atoms with Gasteiger partial charge in [-0.25, -0.2) is 0 Å². The van der Waals surface area contributed by atoms with Crippen LogP contribution in [-0.2, 0) is 13.0 Å². The van der Waals surface area contributed by atoms with E-state index >= 15 is 0 Å². The number of fused-ring (bicyclic) bond motifs is 3. The summed E-state index contributed by atoms with van der Waals surface area (Å²) in [6.07, 6.45) is 4.33. The van der Waals surface area contributed by atoms with Gasteiger partial charge < -0.3 is 19.3 Å². The van der Waals surface area contributed by atoms with Crippen LogP contribution in [-0.4, -0.2) is 42.6 Å². The van der Waals surface area contributed by atoms with Gasteiger partial charge in [0.2, 0.25) is 6.79 Å². The van der Waals surface area contributed by atoms with Crippen LogP contribution in [0.25, 0.3) is 0 Å². The first-order valence-electron chi connectivity index (χ1n) is 10.1. The fourth-order valence-electron chi connectivity index (χ4n) is 5.55. The summed E-state index contributed by atoms with van der Waals surface area (Å²) in [5.74, 6) is 2.38. The number of hydrogen-bond donors (Lipinski definition) is 1. The third-order valence-corrected chi connectivity index (χ3v) is 6.83. The van der Waals surface area contributed by atoms with Crippen molar-refractivity contribution in [3.63, 3.8) is 0 Å². The predicted molar refractivity (Wildman–Crippen MR) is 106 cm³/mol. The zero-order valence-corrected chi connectivity index (χ0v) is 16.3. The molecule has 2 fully saturated rings. The molecule has 5 nitrogen and oxygen atoms in total. The lowest BCUT2D eigenvalue weighted by Gasteiger charge is -2.36. The molecule has 0 aromatic heterocycles. The van der Waals surface area contributed by atoms with Gasteiger partial charge in [0.15, 0.2) is 11.5 Å². The van der Waals surface area contributed by atoms with E-state index in [1.165, 1.54) is 12.0 Å². The van der Waals surface area contributed by atoms with Crippen LogP contribution in [0.2, 0.25) is 0 Å². The Morgan fingerprint density at radius 3 is 2.68 bits per heavy atom. The summed E-state index contributed by atoms with van der Waals surface area (Å²) in [5, 5.41) is 10.4. The van der Waals surface area contributed by atoms with Gasteiger partial charge in [-0.1, -0.05) is 30.3 Å². The Balaban J connectivity index is 1.41. The van der Waals surface area contributed by atoms with Crippen molar-refractivity contribution >= 4 is 0 Å². The van der Waals surface area contributed by atoms with Crippen molar-refractivity contribution in [3.05, 3.63) is 53.6 Å². The van der Waals surface area contributed by atoms with E-state index < -0.39 is 0 Å². The highest BCUT2D eigenvalue weighted by molar-refractivity contribution is 5.52. The second-order valence-corrected chi connectivity index (χ2v) is 8.32. The standard InChI is InChI=1S/C23H27NO4/c1-26-19-10-21-20(27-15-28-21)9-17(19)13-24-18-7-8-22(24)23(12-18,14-25)11-16-5-3-2-4-6-16/h2-6,9-10,18,22,25H,7-8,11-15H2,1H3/t18-,22+,23-/m0/s1. The van der Waals surface area contributed by atoms with Crippen LogP contribution in [0.4, 0.5) is 0 Å². The Morgan fingerprint density at radius 2 is 1.93 bits per heavy atom. The van der Waals surface area contributed by atoms with E-state index in [0.29, 0.717) is 12.1 Å². The number of hydrogen-bond acceptors (Lipinski definition) is 5. The van der Waals surface area contributed by atoms with Gasteiger partial charge in [0.25, 0.3) is 0 Å². The van der Waals surface area contributed by atoms with Crippen LogP contribution < -0.4 is 14.2 Å². The molecule has 0 saturated carbocycles. The Labute approximate surface area is 165 Å². The molecule has 0 radical (unpaired) electrons. The molecule has 2 saturated heterocycles. The van der Waals surface area contributed by atoms with Crippen LogP contribution in [0.5, 0.6) is 17.2 Å². The van der Waals surface area contributed by atoms with Gasteiger partial charge in [0.05, 0.1) is 13.7 Å². The summed E-state index contributed by atoms with van der Waals surface area (Å²) in [6.45, 7) is 1.31. The van der Waals surface area contributed by atoms with Crippen molar-refractivity contribution < 1.29 is 19.3 Å². The highest BCUT2D eigenvalue weighted by Crippen LogP contribution is 2.52. The molecule has 0 unspecified atom stereocenters. The van der Waals surface area contributed by atoms with Gasteiger partial charge >= 0.3 is 0 Å². The van der Waals surface area contributed by atoms with Crippen LogP contribution in [0, 0.1) is 5.41 Å². The maximum Gasteiger partial charge on any atom is 0.231 e. The Hall–Kier alpha value is -2.24. The molecule has 3 heterocycles.